The van der Waals surface area contributed by atoms with Crippen molar-refractivity contribution >= 4 is 23.2 Å². The Morgan fingerprint density at radius 2 is 1.88 bits per heavy atom. The summed E-state index contributed by atoms with van der Waals surface area (Å²) in [5.74, 6) is -0.875. The molecule has 0 aliphatic heterocycles. The summed E-state index contributed by atoms with van der Waals surface area (Å²) < 4.78 is 13.1. The molecular formula is C18H18FN3O2. The van der Waals surface area contributed by atoms with E-state index in [1.807, 2.05) is 0 Å². The molecule has 124 valence electrons. The van der Waals surface area contributed by atoms with Crippen molar-refractivity contribution < 1.29 is 14.0 Å². The van der Waals surface area contributed by atoms with Crippen LogP contribution >= 0.6 is 0 Å². The number of rotatable bonds is 6. The number of hydrogen-bond donors (Lipinski definition) is 3. The average molecular weight is 327 g/mol. The van der Waals surface area contributed by atoms with Crippen LogP contribution in [0.1, 0.15) is 23.2 Å². The van der Waals surface area contributed by atoms with Crippen LogP contribution < -0.4 is 16.0 Å². The number of benzene rings is 2. The van der Waals surface area contributed by atoms with Gasteiger partial charge >= 0.3 is 0 Å². The van der Waals surface area contributed by atoms with Crippen LogP contribution in [0.25, 0.3) is 0 Å². The van der Waals surface area contributed by atoms with Gasteiger partial charge in [-0.25, -0.2) is 4.39 Å². The van der Waals surface area contributed by atoms with E-state index in [1.54, 1.807) is 36.4 Å². The van der Waals surface area contributed by atoms with E-state index in [0.717, 1.165) is 12.8 Å². The second kappa shape index (κ2) is 7.12. The van der Waals surface area contributed by atoms with Gasteiger partial charge in [-0.05, 0) is 43.2 Å². The largest absolute Gasteiger partial charge is 0.376 e. The van der Waals surface area contributed by atoms with Crippen molar-refractivity contribution in [3.63, 3.8) is 0 Å². The summed E-state index contributed by atoms with van der Waals surface area (Å²) in [7, 11) is 0. The van der Waals surface area contributed by atoms with Crippen LogP contribution in [0, 0.1) is 5.82 Å². The Kier molecular flexibility index (Phi) is 4.74. The van der Waals surface area contributed by atoms with Gasteiger partial charge in [-0.3, -0.25) is 9.59 Å². The summed E-state index contributed by atoms with van der Waals surface area (Å²) in [6.07, 6.45) is 2.00. The SMILES string of the molecule is O=C(CNc1cccc(F)c1)Nc1ccccc1C(=O)NC1CC1. The summed E-state index contributed by atoms with van der Waals surface area (Å²) in [5.41, 5.74) is 1.41. The lowest BCUT2D eigenvalue weighted by Gasteiger charge is -2.12. The molecule has 5 nitrogen and oxygen atoms in total. The first-order chi connectivity index (χ1) is 11.6. The highest BCUT2D eigenvalue weighted by atomic mass is 19.1. The fourth-order valence-corrected chi connectivity index (χ4v) is 2.26. The minimum absolute atomic E-state index is 0.0258. The number of hydrogen-bond acceptors (Lipinski definition) is 3. The third kappa shape index (κ3) is 4.32. The standard InChI is InChI=1S/C18H18FN3O2/c19-12-4-3-5-14(10-12)20-11-17(23)22-16-7-2-1-6-15(16)18(24)21-13-8-9-13/h1-7,10,13,20H,8-9,11H2,(H,21,24)(H,22,23). The van der Waals surface area contributed by atoms with Crippen LogP contribution in [0.15, 0.2) is 48.5 Å². The predicted molar refractivity (Wildman–Crippen MR) is 90.4 cm³/mol. The lowest BCUT2D eigenvalue weighted by Crippen LogP contribution is -2.28. The third-order valence-electron chi connectivity index (χ3n) is 3.64. The third-order valence-corrected chi connectivity index (χ3v) is 3.64. The summed E-state index contributed by atoms with van der Waals surface area (Å²) in [5, 5.41) is 8.46. The molecule has 0 radical (unpaired) electrons. The first-order valence-electron chi connectivity index (χ1n) is 7.81. The summed E-state index contributed by atoms with van der Waals surface area (Å²) >= 11 is 0. The number of carbonyl (C=O) groups excluding carboxylic acids is 2. The molecular weight excluding hydrogens is 309 g/mol. The van der Waals surface area contributed by atoms with E-state index < -0.39 is 0 Å². The van der Waals surface area contributed by atoms with Gasteiger partial charge < -0.3 is 16.0 Å². The van der Waals surface area contributed by atoms with Crippen molar-refractivity contribution in [2.24, 2.45) is 0 Å². The summed E-state index contributed by atoms with van der Waals surface area (Å²) in [6.45, 7) is -0.0258. The highest BCUT2D eigenvalue weighted by Crippen LogP contribution is 2.21. The molecule has 2 aromatic carbocycles. The molecule has 0 spiro atoms. The van der Waals surface area contributed by atoms with Crippen molar-refractivity contribution in [2.75, 3.05) is 17.2 Å². The minimum Gasteiger partial charge on any atom is -0.376 e. The van der Waals surface area contributed by atoms with E-state index in [0.29, 0.717) is 16.9 Å². The van der Waals surface area contributed by atoms with Gasteiger partial charge in [-0.15, -0.1) is 0 Å². The number of halogens is 1. The molecule has 0 heterocycles. The molecule has 24 heavy (non-hydrogen) atoms. The molecule has 1 aliphatic carbocycles. The Hall–Kier alpha value is -2.89. The van der Waals surface area contributed by atoms with E-state index in [9.17, 15) is 14.0 Å². The molecule has 3 rings (SSSR count). The predicted octanol–water partition coefficient (Wildman–Crippen LogP) is 2.77. The fraction of sp³-hybridized carbons (Fsp3) is 0.222. The number of nitrogens with one attached hydrogen (secondary N) is 3. The Labute approximate surface area is 139 Å². The maximum atomic E-state index is 13.1. The molecule has 0 bridgehead atoms. The number of para-hydroxylation sites is 1. The minimum atomic E-state index is -0.373. The zero-order valence-electron chi connectivity index (χ0n) is 13.0. The summed E-state index contributed by atoms with van der Waals surface area (Å²) in [4.78, 5) is 24.3. The summed E-state index contributed by atoms with van der Waals surface area (Å²) in [6, 6.07) is 13.0. The molecule has 3 N–H and O–H groups in total. The molecule has 1 saturated carbocycles. The second-order valence-corrected chi connectivity index (χ2v) is 5.71. The Morgan fingerprint density at radius 3 is 2.62 bits per heavy atom. The van der Waals surface area contributed by atoms with Gasteiger partial charge in [0.25, 0.3) is 5.91 Å². The first-order valence-corrected chi connectivity index (χ1v) is 7.81. The van der Waals surface area contributed by atoms with Gasteiger partial charge in [-0.2, -0.15) is 0 Å². The van der Waals surface area contributed by atoms with E-state index in [4.69, 9.17) is 0 Å². The Morgan fingerprint density at radius 1 is 1.08 bits per heavy atom. The fourth-order valence-electron chi connectivity index (χ4n) is 2.26. The topological polar surface area (TPSA) is 70.2 Å². The van der Waals surface area contributed by atoms with Crippen LogP contribution in [-0.2, 0) is 4.79 Å². The average Bonchev–Trinajstić information content (AvgIpc) is 3.37. The van der Waals surface area contributed by atoms with Crippen molar-refractivity contribution in [3.05, 3.63) is 59.9 Å². The number of anilines is 2. The van der Waals surface area contributed by atoms with Gasteiger partial charge in [-0.1, -0.05) is 18.2 Å². The zero-order valence-corrected chi connectivity index (χ0v) is 13.0. The molecule has 0 saturated heterocycles. The maximum Gasteiger partial charge on any atom is 0.253 e. The highest BCUT2D eigenvalue weighted by Gasteiger charge is 2.24. The molecule has 1 fully saturated rings. The normalized spacial score (nSPS) is 13.2. The van der Waals surface area contributed by atoms with Crippen LogP contribution in [-0.4, -0.2) is 24.4 Å². The van der Waals surface area contributed by atoms with Gasteiger partial charge in [0.05, 0.1) is 17.8 Å². The van der Waals surface area contributed by atoms with Gasteiger partial charge in [0.15, 0.2) is 0 Å². The molecule has 1 aliphatic rings. The first kappa shape index (κ1) is 16.0. The molecule has 2 amide bonds. The van der Waals surface area contributed by atoms with Crippen LogP contribution in [0.3, 0.4) is 0 Å². The Bertz CT molecular complexity index is 759. The van der Waals surface area contributed by atoms with Gasteiger partial charge in [0, 0.05) is 11.7 Å². The van der Waals surface area contributed by atoms with Crippen LogP contribution in [0.2, 0.25) is 0 Å². The van der Waals surface area contributed by atoms with Crippen molar-refractivity contribution in [2.45, 2.75) is 18.9 Å². The molecule has 2 aromatic rings. The lowest BCUT2D eigenvalue weighted by atomic mass is 10.1. The lowest BCUT2D eigenvalue weighted by molar-refractivity contribution is -0.114. The second-order valence-electron chi connectivity index (χ2n) is 5.71. The molecule has 0 atom stereocenters. The highest BCUT2D eigenvalue weighted by molar-refractivity contribution is 6.04. The van der Waals surface area contributed by atoms with E-state index >= 15 is 0 Å². The smallest absolute Gasteiger partial charge is 0.253 e. The quantitative estimate of drug-likeness (QED) is 0.764. The number of carbonyl (C=O) groups is 2. The van der Waals surface area contributed by atoms with Crippen molar-refractivity contribution in [1.82, 2.24) is 5.32 Å². The van der Waals surface area contributed by atoms with Gasteiger partial charge in [0.2, 0.25) is 5.91 Å². The van der Waals surface area contributed by atoms with Crippen molar-refractivity contribution in [1.29, 1.82) is 0 Å². The maximum absolute atomic E-state index is 13.1. The molecule has 0 aromatic heterocycles. The van der Waals surface area contributed by atoms with Gasteiger partial charge in [0.1, 0.15) is 5.82 Å². The number of amides is 2. The zero-order chi connectivity index (χ0) is 16.9. The monoisotopic (exact) mass is 327 g/mol. The van der Waals surface area contributed by atoms with E-state index in [2.05, 4.69) is 16.0 Å². The van der Waals surface area contributed by atoms with E-state index in [-0.39, 0.29) is 30.2 Å². The van der Waals surface area contributed by atoms with Crippen LogP contribution in [0.5, 0.6) is 0 Å². The molecule has 0 unspecified atom stereocenters. The van der Waals surface area contributed by atoms with Crippen LogP contribution in [0.4, 0.5) is 15.8 Å². The van der Waals surface area contributed by atoms with E-state index in [1.165, 1.54) is 12.1 Å². The molecule has 6 heteroatoms. The van der Waals surface area contributed by atoms with Crippen molar-refractivity contribution in [3.8, 4) is 0 Å². The Balaban J connectivity index is 1.60.